The van der Waals surface area contributed by atoms with E-state index in [4.69, 9.17) is 17.0 Å². The van der Waals surface area contributed by atoms with Crippen LogP contribution >= 0.6 is 12.2 Å². The molecule has 1 aliphatic rings. The van der Waals surface area contributed by atoms with Crippen molar-refractivity contribution >= 4 is 29.0 Å². The molecular formula is C18H23N3O3S. The maximum atomic E-state index is 12.2. The van der Waals surface area contributed by atoms with Crippen LogP contribution in [0.3, 0.4) is 0 Å². The number of nitrogens with one attached hydrogen (secondary N) is 3. The van der Waals surface area contributed by atoms with Crippen LogP contribution in [-0.4, -0.2) is 35.1 Å². The highest BCUT2D eigenvalue weighted by Crippen LogP contribution is 2.20. The smallest absolute Gasteiger partial charge is 0.259 e. The van der Waals surface area contributed by atoms with Gasteiger partial charge in [-0.3, -0.25) is 14.6 Å². The normalized spacial score (nSPS) is 15.4. The van der Waals surface area contributed by atoms with Gasteiger partial charge in [0, 0.05) is 18.7 Å². The fourth-order valence-corrected chi connectivity index (χ4v) is 3.37. The van der Waals surface area contributed by atoms with E-state index in [1.807, 2.05) is 0 Å². The first kappa shape index (κ1) is 17.8. The van der Waals surface area contributed by atoms with Gasteiger partial charge in [0.2, 0.25) is 0 Å². The third kappa shape index (κ3) is 4.76. The Kier molecular flexibility index (Phi) is 5.99. The Morgan fingerprint density at radius 1 is 1.24 bits per heavy atom. The lowest BCUT2D eigenvalue weighted by Crippen LogP contribution is -2.26. The van der Waals surface area contributed by atoms with Crippen LogP contribution in [0, 0.1) is 4.77 Å². The average molecular weight is 361 g/mol. The molecule has 0 atom stereocenters. The molecule has 1 aromatic carbocycles. The Labute approximate surface area is 151 Å². The van der Waals surface area contributed by atoms with Gasteiger partial charge in [-0.1, -0.05) is 19.3 Å². The number of amides is 1. The summed E-state index contributed by atoms with van der Waals surface area (Å²) >= 11 is 4.96. The Hall–Kier alpha value is -1.99. The third-order valence-corrected chi connectivity index (χ3v) is 4.72. The van der Waals surface area contributed by atoms with E-state index in [9.17, 15) is 9.59 Å². The Balaban J connectivity index is 1.50. The highest BCUT2D eigenvalue weighted by molar-refractivity contribution is 7.71. The first-order valence-electron chi connectivity index (χ1n) is 8.79. The lowest BCUT2D eigenvalue weighted by molar-refractivity contribution is 0.0273. The van der Waals surface area contributed by atoms with Gasteiger partial charge in [-0.25, -0.2) is 0 Å². The van der Waals surface area contributed by atoms with Gasteiger partial charge in [-0.05, 0) is 49.7 Å². The monoisotopic (exact) mass is 361 g/mol. The number of ether oxygens (including phenoxy) is 1. The van der Waals surface area contributed by atoms with E-state index in [0.717, 1.165) is 19.3 Å². The van der Waals surface area contributed by atoms with E-state index in [0.29, 0.717) is 35.7 Å². The summed E-state index contributed by atoms with van der Waals surface area (Å²) in [6.07, 6.45) is 7.33. The summed E-state index contributed by atoms with van der Waals surface area (Å²) in [6.45, 7) is 1.24. The molecule has 3 N–H and O–H groups in total. The lowest BCUT2D eigenvalue weighted by atomic mass is 9.98. The summed E-state index contributed by atoms with van der Waals surface area (Å²) in [4.78, 5) is 29.5. The summed E-state index contributed by atoms with van der Waals surface area (Å²) in [5.41, 5.74) is 0.796. The van der Waals surface area contributed by atoms with Crippen molar-refractivity contribution in [1.29, 1.82) is 0 Å². The van der Waals surface area contributed by atoms with Crippen molar-refractivity contribution in [3.8, 4) is 0 Å². The zero-order valence-corrected chi connectivity index (χ0v) is 14.9. The van der Waals surface area contributed by atoms with Gasteiger partial charge in [-0.15, -0.1) is 0 Å². The summed E-state index contributed by atoms with van der Waals surface area (Å²) in [7, 11) is 0. The Bertz CT molecular complexity index is 853. The molecule has 134 valence electrons. The molecule has 3 rings (SSSR count). The van der Waals surface area contributed by atoms with Crippen molar-refractivity contribution in [2.75, 3.05) is 13.2 Å². The average Bonchev–Trinajstić information content (AvgIpc) is 2.61. The summed E-state index contributed by atoms with van der Waals surface area (Å²) in [6, 6.07) is 4.91. The maximum Gasteiger partial charge on any atom is 0.259 e. The van der Waals surface area contributed by atoms with Gasteiger partial charge in [0.1, 0.15) is 0 Å². The first-order valence-corrected chi connectivity index (χ1v) is 9.20. The minimum Gasteiger partial charge on any atom is -0.378 e. The van der Waals surface area contributed by atoms with Crippen LogP contribution in [0.15, 0.2) is 23.0 Å². The maximum absolute atomic E-state index is 12.2. The molecule has 1 fully saturated rings. The number of rotatable bonds is 6. The van der Waals surface area contributed by atoms with Gasteiger partial charge in [0.15, 0.2) is 4.77 Å². The molecule has 7 heteroatoms. The topological polar surface area (TPSA) is 87.0 Å². The van der Waals surface area contributed by atoms with Crippen molar-refractivity contribution in [1.82, 2.24) is 15.3 Å². The zero-order chi connectivity index (χ0) is 17.6. The van der Waals surface area contributed by atoms with Crippen LogP contribution in [0.1, 0.15) is 48.9 Å². The van der Waals surface area contributed by atoms with Gasteiger partial charge in [0.05, 0.1) is 17.0 Å². The van der Waals surface area contributed by atoms with E-state index in [1.54, 1.807) is 18.2 Å². The van der Waals surface area contributed by atoms with Crippen molar-refractivity contribution in [2.45, 2.75) is 44.6 Å². The molecule has 1 aliphatic carbocycles. The third-order valence-electron chi connectivity index (χ3n) is 4.51. The number of aromatic amines is 2. The lowest BCUT2D eigenvalue weighted by Gasteiger charge is -2.21. The Morgan fingerprint density at radius 2 is 2.04 bits per heavy atom. The molecule has 0 saturated heterocycles. The molecule has 0 unspecified atom stereocenters. The second-order valence-electron chi connectivity index (χ2n) is 6.41. The number of carbonyl (C=O) groups excluding carboxylic acids is 1. The van der Waals surface area contributed by atoms with Gasteiger partial charge in [0.25, 0.3) is 11.5 Å². The van der Waals surface area contributed by atoms with Crippen LogP contribution in [0.2, 0.25) is 0 Å². The van der Waals surface area contributed by atoms with E-state index < -0.39 is 0 Å². The molecule has 25 heavy (non-hydrogen) atoms. The number of fused-ring (bicyclic) bond motifs is 1. The quantitative estimate of drug-likeness (QED) is 0.545. The molecule has 1 saturated carbocycles. The predicted molar refractivity (Wildman–Crippen MR) is 99.5 cm³/mol. The number of H-pyrrole nitrogens is 2. The minimum absolute atomic E-state index is 0.167. The molecule has 0 radical (unpaired) electrons. The van der Waals surface area contributed by atoms with Gasteiger partial charge < -0.3 is 15.0 Å². The summed E-state index contributed by atoms with van der Waals surface area (Å²) in [5.74, 6) is -0.167. The van der Waals surface area contributed by atoms with Gasteiger partial charge in [-0.2, -0.15) is 0 Å². The van der Waals surface area contributed by atoms with Crippen LogP contribution in [0.25, 0.3) is 10.9 Å². The van der Waals surface area contributed by atoms with Crippen LogP contribution in [0.5, 0.6) is 0 Å². The van der Waals surface area contributed by atoms with E-state index >= 15 is 0 Å². The standard InChI is InChI=1S/C18H23N3O3S/c22-16(19-9-4-10-24-13-5-2-1-3-6-13)12-7-8-14-15(11-12)20-18(25)21-17(14)23/h7-8,11,13H,1-6,9-10H2,(H,19,22)(H2,20,21,23,25). The first-order chi connectivity index (χ1) is 12.1. The van der Waals surface area contributed by atoms with Crippen LogP contribution in [0.4, 0.5) is 0 Å². The molecule has 1 heterocycles. The minimum atomic E-state index is -0.259. The fraction of sp³-hybridized carbons (Fsp3) is 0.500. The van der Waals surface area contributed by atoms with Gasteiger partial charge >= 0.3 is 0 Å². The van der Waals surface area contributed by atoms with Crippen molar-refractivity contribution < 1.29 is 9.53 Å². The molecule has 1 aromatic heterocycles. The fourth-order valence-electron chi connectivity index (χ4n) is 3.17. The number of hydrogen-bond donors (Lipinski definition) is 3. The van der Waals surface area contributed by atoms with E-state index in [1.165, 1.54) is 19.3 Å². The molecule has 0 spiro atoms. The van der Waals surface area contributed by atoms with Crippen molar-refractivity contribution in [3.63, 3.8) is 0 Å². The van der Waals surface area contributed by atoms with E-state index in [2.05, 4.69) is 15.3 Å². The highest BCUT2D eigenvalue weighted by Gasteiger charge is 2.13. The summed E-state index contributed by atoms with van der Waals surface area (Å²) in [5, 5.41) is 3.36. The second-order valence-corrected chi connectivity index (χ2v) is 6.82. The Morgan fingerprint density at radius 3 is 2.84 bits per heavy atom. The predicted octanol–water partition coefficient (Wildman–Crippen LogP) is 3.05. The molecule has 0 bridgehead atoms. The number of hydrogen-bond acceptors (Lipinski definition) is 4. The van der Waals surface area contributed by atoms with Crippen molar-refractivity contribution in [2.24, 2.45) is 0 Å². The number of aromatic nitrogens is 2. The summed E-state index contributed by atoms with van der Waals surface area (Å²) < 4.78 is 6.09. The molecule has 2 aromatic rings. The largest absolute Gasteiger partial charge is 0.378 e. The number of carbonyl (C=O) groups is 1. The van der Waals surface area contributed by atoms with Crippen LogP contribution in [-0.2, 0) is 4.74 Å². The number of benzene rings is 1. The zero-order valence-electron chi connectivity index (χ0n) is 14.1. The van der Waals surface area contributed by atoms with Crippen LogP contribution < -0.4 is 10.9 Å². The molecular weight excluding hydrogens is 338 g/mol. The van der Waals surface area contributed by atoms with Crippen molar-refractivity contribution in [3.05, 3.63) is 38.9 Å². The molecule has 1 amide bonds. The highest BCUT2D eigenvalue weighted by atomic mass is 32.1. The SMILES string of the molecule is O=C(NCCCOC1CCCCC1)c1ccc2c(=O)[nH]c(=S)[nH]c2c1. The molecule has 0 aliphatic heterocycles. The second kappa shape index (κ2) is 8.40. The van der Waals surface area contributed by atoms with E-state index in [-0.39, 0.29) is 16.2 Å². The molecule has 6 nitrogen and oxygen atoms in total.